The maximum absolute atomic E-state index is 14.0. The van der Waals surface area contributed by atoms with E-state index < -0.39 is 29.4 Å². The molecule has 2 atom stereocenters. The first-order chi connectivity index (χ1) is 13.1. The highest BCUT2D eigenvalue weighted by Crippen LogP contribution is 2.48. The third kappa shape index (κ3) is 3.77. The van der Waals surface area contributed by atoms with Crippen molar-refractivity contribution in [2.75, 3.05) is 6.61 Å². The van der Waals surface area contributed by atoms with Crippen LogP contribution >= 0.6 is 0 Å². The summed E-state index contributed by atoms with van der Waals surface area (Å²) in [6, 6.07) is 3.52. The average Bonchev–Trinajstić information content (AvgIpc) is 2.59. The van der Waals surface area contributed by atoms with E-state index in [0.29, 0.717) is 41.8 Å². The van der Waals surface area contributed by atoms with E-state index in [9.17, 15) is 18.4 Å². The first-order valence-corrected chi connectivity index (χ1v) is 9.57. The van der Waals surface area contributed by atoms with Gasteiger partial charge in [0.25, 0.3) is 0 Å². The molecular weight excluding hydrogens is 364 g/mol. The van der Waals surface area contributed by atoms with Gasteiger partial charge in [0, 0.05) is 29.3 Å². The maximum Gasteiger partial charge on any atom is 0.315 e. The lowest BCUT2D eigenvalue weighted by Crippen LogP contribution is -2.39. The van der Waals surface area contributed by atoms with Crippen molar-refractivity contribution in [3.8, 4) is 0 Å². The number of Topliss-reactive ketones (excluding diaryl/α,β-unsaturated/α-hetero) is 1. The monoisotopic (exact) mass is 389 g/mol. The van der Waals surface area contributed by atoms with Crippen LogP contribution in [0.15, 0.2) is 34.5 Å². The van der Waals surface area contributed by atoms with Crippen molar-refractivity contribution >= 4 is 17.5 Å². The molecule has 1 heterocycles. The number of aliphatic imine (C=N–C) groups is 1. The molecule has 0 bridgehead atoms. The first kappa shape index (κ1) is 20.4. The third-order valence-electron chi connectivity index (χ3n) is 5.31. The second kappa shape index (κ2) is 7.57. The van der Waals surface area contributed by atoms with Crippen molar-refractivity contribution in [3.63, 3.8) is 0 Å². The van der Waals surface area contributed by atoms with E-state index in [0.717, 1.165) is 12.1 Å². The van der Waals surface area contributed by atoms with E-state index in [4.69, 9.17) is 4.74 Å². The lowest BCUT2D eigenvalue weighted by Gasteiger charge is -2.39. The molecule has 0 spiro atoms. The summed E-state index contributed by atoms with van der Waals surface area (Å²) in [4.78, 5) is 30.4. The van der Waals surface area contributed by atoms with Crippen LogP contribution in [0.2, 0.25) is 0 Å². The molecule has 6 heteroatoms. The Balaban J connectivity index is 2.15. The van der Waals surface area contributed by atoms with Crippen LogP contribution in [0.3, 0.4) is 0 Å². The number of carbonyl (C=O) groups excluding carboxylic acids is 2. The number of benzene rings is 1. The number of hydrogen-bond acceptors (Lipinski definition) is 4. The van der Waals surface area contributed by atoms with Crippen LogP contribution in [-0.2, 0) is 14.3 Å². The Hall–Kier alpha value is -2.37. The van der Waals surface area contributed by atoms with Gasteiger partial charge < -0.3 is 4.74 Å². The molecule has 1 aromatic carbocycles. The standard InChI is InChI=1S/C22H25F2NO3/c1-5-8-28-21(27)18-12(2)25-16-10-22(3,4)11-17(26)20(16)19(18)13-6-7-14(23)15(24)9-13/h6-7,9,18-19H,5,8,10-11H2,1-4H3/t18?,19-/m0/s1. The minimum Gasteiger partial charge on any atom is -0.465 e. The predicted molar refractivity (Wildman–Crippen MR) is 102 cm³/mol. The fraction of sp³-hybridized carbons (Fsp3) is 0.500. The summed E-state index contributed by atoms with van der Waals surface area (Å²) in [5.74, 6) is -4.15. The predicted octanol–water partition coefficient (Wildman–Crippen LogP) is 4.74. The molecule has 0 amide bonds. The van der Waals surface area contributed by atoms with Crippen molar-refractivity contribution in [3.05, 3.63) is 46.7 Å². The third-order valence-corrected chi connectivity index (χ3v) is 5.31. The molecule has 0 saturated heterocycles. The number of halogens is 2. The highest BCUT2D eigenvalue weighted by atomic mass is 19.2. The zero-order valence-electron chi connectivity index (χ0n) is 16.6. The van der Waals surface area contributed by atoms with Crippen LogP contribution in [0.25, 0.3) is 0 Å². The summed E-state index contributed by atoms with van der Waals surface area (Å²) in [6.07, 6.45) is 1.56. The number of ether oxygens (including phenoxy) is 1. The molecule has 0 saturated carbocycles. The van der Waals surface area contributed by atoms with E-state index in [1.165, 1.54) is 6.07 Å². The quantitative estimate of drug-likeness (QED) is 0.699. The Morgan fingerprint density at radius 1 is 1.25 bits per heavy atom. The molecule has 0 aromatic heterocycles. The molecule has 2 aliphatic rings. The van der Waals surface area contributed by atoms with Gasteiger partial charge in [-0.25, -0.2) is 8.78 Å². The van der Waals surface area contributed by atoms with Gasteiger partial charge in [0.15, 0.2) is 17.4 Å². The van der Waals surface area contributed by atoms with E-state index in [-0.39, 0.29) is 17.8 Å². The van der Waals surface area contributed by atoms with Gasteiger partial charge in [0.2, 0.25) is 0 Å². The number of carbonyl (C=O) groups is 2. The zero-order chi connectivity index (χ0) is 20.6. The molecule has 0 radical (unpaired) electrons. The summed E-state index contributed by atoms with van der Waals surface area (Å²) >= 11 is 0. The van der Waals surface area contributed by atoms with Crippen LogP contribution in [0.1, 0.15) is 58.4 Å². The normalized spacial score (nSPS) is 23.9. The molecule has 150 valence electrons. The van der Waals surface area contributed by atoms with Crippen LogP contribution in [0, 0.1) is 23.0 Å². The number of nitrogens with zero attached hydrogens (tertiary/aromatic N) is 1. The SMILES string of the molecule is CCCOC(=O)C1C(C)=NC2=C(C(=O)CC(C)(C)C2)[C@H]1c1ccc(F)c(F)c1. The van der Waals surface area contributed by atoms with Crippen molar-refractivity contribution in [2.45, 2.75) is 52.9 Å². The zero-order valence-corrected chi connectivity index (χ0v) is 16.6. The fourth-order valence-electron chi connectivity index (χ4n) is 4.11. The number of ketones is 1. The summed E-state index contributed by atoms with van der Waals surface area (Å²) in [7, 11) is 0. The van der Waals surface area contributed by atoms with Gasteiger partial charge in [-0.3, -0.25) is 14.6 Å². The van der Waals surface area contributed by atoms with Crippen molar-refractivity contribution < 1.29 is 23.1 Å². The summed E-state index contributed by atoms with van der Waals surface area (Å²) < 4.78 is 32.8. The number of rotatable bonds is 4. The van der Waals surface area contributed by atoms with Crippen LogP contribution in [0.5, 0.6) is 0 Å². The number of hydrogen-bond donors (Lipinski definition) is 0. The van der Waals surface area contributed by atoms with Gasteiger partial charge in [-0.15, -0.1) is 0 Å². The highest BCUT2D eigenvalue weighted by molar-refractivity contribution is 6.09. The van der Waals surface area contributed by atoms with Crippen LogP contribution in [0.4, 0.5) is 8.78 Å². The molecular formula is C22H25F2NO3. The lowest BCUT2D eigenvalue weighted by atomic mass is 9.67. The Labute approximate surface area is 163 Å². The summed E-state index contributed by atoms with van der Waals surface area (Å²) in [5, 5.41) is 0. The molecule has 0 fully saturated rings. The molecule has 4 nitrogen and oxygen atoms in total. The molecule has 28 heavy (non-hydrogen) atoms. The Morgan fingerprint density at radius 3 is 2.61 bits per heavy atom. The van der Waals surface area contributed by atoms with Gasteiger partial charge in [0.1, 0.15) is 5.92 Å². The second-order valence-electron chi connectivity index (χ2n) is 8.35. The largest absolute Gasteiger partial charge is 0.465 e. The second-order valence-corrected chi connectivity index (χ2v) is 8.35. The molecule has 0 N–H and O–H groups in total. The van der Waals surface area contributed by atoms with Gasteiger partial charge >= 0.3 is 5.97 Å². The number of esters is 1. The average molecular weight is 389 g/mol. The first-order valence-electron chi connectivity index (χ1n) is 9.57. The molecule has 1 aromatic rings. The summed E-state index contributed by atoms with van der Waals surface area (Å²) in [5.41, 5.74) is 1.73. The van der Waals surface area contributed by atoms with Gasteiger partial charge in [-0.05, 0) is 42.9 Å². The number of allylic oxidation sites excluding steroid dienone is 2. The van der Waals surface area contributed by atoms with E-state index in [2.05, 4.69) is 4.99 Å². The summed E-state index contributed by atoms with van der Waals surface area (Å²) in [6.45, 7) is 7.84. The molecule has 3 rings (SSSR count). The molecule has 1 aliphatic carbocycles. The topological polar surface area (TPSA) is 55.7 Å². The minimum absolute atomic E-state index is 0.106. The van der Waals surface area contributed by atoms with Gasteiger partial charge in [-0.1, -0.05) is 26.8 Å². The van der Waals surface area contributed by atoms with Crippen molar-refractivity contribution in [1.29, 1.82) is 0 Å². The smallest absolute Gasteiger partial charge is 0.315 e. The maximum atomic E-state index is 14.0. The van der Waals surface area contributed by atoms with Crippen LogP contribution in [-0.4, -0.2) is 24.1 Å². The Morgan fingerprint density at radius 2 is 1.96 bits per heavy atom. The minimum atomic E-state index is -1.01. The Bertz CT molecular complexity index is 886. The van der Waals surface area contributed by atoms with Gasteiger partial charge in [-0.2, -0.15) is 0 Å². The van der Waals surface area contributed by atoms with E-state index >= 15 is 0 Å². The molecule has 1 aliphatic heterocycles. The van der Waals surface area contributed by atoms with Gasteiger partial charge in [0.05, 0.1) is 6.61 Å². The lowest BCUT2D eigenvalue weighted by molar-refractivity contribution is -0.146. The Kier molecular flexibility index (Phi) is 5.50. The van der Waals surface area contributed by atoms with Crippen LogP contribution < -0.4 is 0 Å². The highest BCUT2D eigenvalue weighted by Gasteiger charge is 2.46. The van der Waals surface area contributed by atoms with Crippen molar-refractivity contribution in [2.24, 2.45) is 16.3 Å². The fourth-order valence-corrected chi connectivity index (χ4v) is 4.11. The molecule has 1 unspecified atom stereocenters. The van der Waals surface area contributed by atoms with E-state index in [1.54, 1.807) is 6.92 Å². The van der Waals surface area contributed by atoms with Crippen molar-refractivity contribution in [1.82, 2.24) is 0 Å². The van der Waals surface area contributed by atoms with E-state index in [1.807, 2.05) is 20.8 Å².